The van der Waals surface area contributed by atoms with Gasteiger partial charge in [-0.1, -0.05) is 6.92 Å². The van der Waals surface area contributed by atoms with Crippen molar-refractivity contribution in [3.8, 4) is 5.75 Å². The van der Waals surface area contributed by atoms with Crippen molar-refractivity contribution in [2.45, 2.75) is 51.4 Å². The minimum atomic E-state index is -4.44. The van der Waals surface area contributed by atoms with Crippen LogP contribution in [0.1, 0.15) is 56.1 Å². The zero-order chi connectivity index (χ0) is 19.4. The lowest BCUT2D eigenvalue weighted by Gasteiger charge is -2.48. The first-order valence-corrected chi connectivity index (χ1v) is 10.8. The molecule has 3 aliphatic carbocycles. The van der Waals surface area contributed by atoms with E-state index in [0.29, 0.717) is 24.0 Å². The summed E-state index contributed by atoms with van der Waals surface area (Å²) in [5.41, 5.74) is 2.15. The minimum Gasteiger partial charge on any atom is -0.336 e. The van der Waals surface area contributed by atoms with Crippen molar-refractivity contribution in [2.24, 2.45) is 17.3 Å². The van der Waals surface area contributed by atoms with E-state index in [1.165, 1.54) is 7.11 Å². The zero-order valence-corrected chi connectivity index (χ0v) is 16.3. The van der Waals surface area contributed by atoms with Gasteiger partial charge in [-0.3, -0.25) is 14.1 Å². The molecule has 148 valence electrons. The molecule has 2 N–H and O–H groups in total. The van der Waals surface area contributed by atoms with E-state index in [1.54, 1.807) is 12.1 Å². The van der Waals surface area contributed by atoms with Crippen LogP contribution in [0.3, 0.4) is 0 Å². The van der Waals surface area contributed by atoms with Crippen LogP contribution < -0.4 is 9.61 Å². The first-order valence-electron chi connectivity index (χ1n) is 9.39. The van der Waals surface area contributed by atoms with E-state index in [2.05, 4.69) is 11.6 Å². The number of nitrogens with one attached hydrogen (secondary N) is 1. The lowest BCUT2D eigenvalue weighted by molar-refractivity contribution is -0.177. The summed E-state index contributed by atoms with van der Waals surface area (Å²) in [4.78, 5) is 22.3. The number of anilines is 1. The molecule has 7 nitrogen and oxygen atoms in total. The number of hydrogen-bond acceptors (Lipinski definition) is 5. The highest BCUT2D eigenvalue weighted by atomic mass is 32.2. The molecule has 0 spiro atoms. The van der Waals surface area contributed by atoms with Crippen LogP contribution in [0.25, 0.3) is 0 Å². The van der Waals surface area contributed by atoms with Gasteiger partial charge >= 0.3 is 10.3 Å². The van der Waals surface area contributed by atoms with E-state index < -0.39 is 10.3 Å². The number of aryl methyl sites for hydroxylation is 1. The normalized spacial score (nSPS) is 32.4. The predicted octanol–water partition coefficient (Wildman–Crippen LogP) is 3.27. The summed E-state index contributed by atoms with van der Waals surface area (Å²) in [7, 11) is -3.10. The molecule has 27 heavy (non-hydrogen) atoms. The Morgan fingerprint density at radius 1 is 1.22 bits per heavy atom. The Balaban J connectivity index is 1.73. The maximum absolute atomic E-state index is 12.4. The van der Waals surface area contributed by atoms with E-state index in [9.17, 15) is 17.8 Å². The van der Waals surface area contributed by atoms with Gasteiger partial charge in [-0.05, 0) is 73.1 Å². The Morgan fingerprint density at radius 2 is 2.00 bits per heavy atom. The van der Waals surface area contributed by atoms with Gasteiger partial charge in [-0.15, -0.1) is 0 Å². The average Bonchev–Trinajstić information content (AvgIpc) is 2.89. The third-order valence-electron chi connectivity index (χ3n) is 6.95. The van der Waals surface area contributed by atoms with Crippen LogP contribution in [0.4, 0.5) is 5.69 Å². The largest absolute Gasteiger partial charge is 0.357 e. The highest BCUT2D eigenvalue weighted by molar-refractivity contribution is 7.87. The van der Waals surface area contributed by atoms with Gasteiger partial charge in [0.15, 0.2) is 5.75 Å². The van der Waals surface area contributed by atoms with E-state index in [1.807, 2.05) is 0 Å². The third-order valence-corrected chi connectivity index (χ3v) is 7.42. The highest BCUT2D eigenvalue weighted by Gasteiger charge is 2.54. The first kappa shape index (κ1) is 18.7. The van der Waals surface area contributed by atoms with Crippen LogP contribution in [0, 0.1) is 17.3 Å². The number of hydrogen-bond donors (Lipinski definition) is 2. The second-order valence-electron chi connectivity index (χ2n) is 8.21. The minimum absolute atomic E-state index is 0.162. The van der Waals surface area contributed by atoms with Crippen molar-refractivity contribution in [3.63, 3.8) is 0 Å². The standard InChI is InChI=1S/C19H25NO6S/c1-19-8-7-12-13(15(19)5-6-18(19)21)4-3-11-9-17(26-25-2)16(10-14(11)12)20-27(22,23)24/h9-10,12-13,15,20H,3-8H2,1-2H3,(H,22,23,24)/t12-,13+,15-,19-/m0/s1. The van der Waals surface area contributed by atoms with Crippen LogP contribution in [0.2, 0.25) is 0 Å². The van der Waals surface area contributed by atoms with Crippen molar-refractivity contribution < 1.29 is 27.5 Å². The van der Waals surface area contributed by atoms with E-state index in [4.69, 9.17) is 9.78 Å². The average molecular weight is 395 g/mol. The molecule has 0 radical (unpaired) electrons. The summed E-state index contributed by atoms with van der Waals surface area (Å²) in [5, 5.41) is 0. The van der Waals surface area contributed by atoms with Crippen LogP contribution in [0.15, 0.2) is 12.1 Å². The topological polar surface area (TPSA) is 102 Å². The third kappa shape index (κ3) is 3.13. The maximum Gasteiger partial charge on any atom is 0.357 e. The Labute approximate surface area is 159 Å². The molecule has 0 amide bonds. The second-order valence-corrected chi connectivity index (χ2v) is 9.36. The van der Waals surface area contributed by atoms with Crippen LogP contribution in [-0.2, 0) is 26.4 Å². The fourth-order valence-corrected chi connectivity index (χ4v) is 6.18. The van der Waals surface area contributed by atoms with Gasteiger partial charge in [0.2, 0.25) is 0 Å². The van der Waals surface area contributed by atoms with Crippen molar-refractivity contribution >= 4 is 21.8 Å². The van der Waals surface area contributed by atoms with Crippen molar-refractivity contribution in [1.82, 2.24) is 0 Å². The number of Topliss-reactive ketones (excluding diaryl/α,β-unsaturated/α-hetero) is 1. The Hall–Kier alpha value is -1.64. The molecule has 2 fully saturated rings. The molecule has 3 aliphatic rings. The van der Waals surface area contributed by atoms with Crippen LogP contribution in [0.5, 0.6) is 5.75 Å². The van der Waals surface area contributed by atoms with Crippen LogP contribution >= 0.6 is 0 Å². The van der Waals surface area contributed by atoms with E-state index in [-0.39, 0.29) is 22.8 Å². The molecule has 8 heteroatoms. The number of fused-ring (bicyclic) bond motifs is 5. The smallest absolute Gasteiger partial charge is 0.336 e. The van der Waals surface area contributed by atoms with Crippen molar-refractivity contribution in [2.75, 3.05) is 11.8 Å². The number of rotatable bonds is 4. The van der Waals surface area contributed by atoms with Gasteiger partial charge in [0, 0.05) is 11.8 Å². The molecule has 1 aromatic carbocycles. The monoisotopic (exact) mass is 395 g/mol. The van der Waals surface area contributed by atoms with Gasteiger partial charge in [0.1, 0.15) is 5.78 Å². The fourth-order valence-electron chi connectivity index (χ4n) is 5.75. The fraction of sp³-hybridized carbons (Fsp3) is 0.632. The summed E-state index contributed by atoms with van der Waals surface area (Å²) in [6.45, 7) is 2.12. The highest BCUT2D eigenvalue weighted by Crippen LogP contribution is 2.60. The molecular formula is C19H25NO6S. The molecular weight excluding hydrogens is 370 g/mol. The summed E-state index contributed by atoms with van der Waals surface area (Å²) in [6, 6.07) is 3.55. The van der Waals surface area contributed by atoms with Gasteiger partial charge < -0.3 is 4.89 Å². The van der Waals surface area contributed by atoms with Gasteiger partial charge in [-0.25, -0.2) is 0 Å². The predicted molar refractivity (Wildman–Crippen MR) is 98.9 cm³/mol. The molecule has 4 atom stereocenters. The SMILES string of the molecule is COOc1cc2c(cc1NS(=O)(=O)O)[C@H]1CC[C@]3(C)C(=O)CC[C@H]3[C@@H]1CC2. The van der Waals surface area contributed by atoms with Gasteiger partial charge in [0.25, 0.3) is 0 Å². The van der Waals surface area contributed by atoms with Crippen molar-refractivity contribution in [3.05, 3.63) is 23.3 Å². The lowest BCUT2D eigenvalue weighted by Crippen LogP contribution is -2.42. The summed E-state index contributed by atoms with van der Waals surface area (Å²) >= 11 is 0. The molecule has 0 saturated heterocycles. The molecule has 0 heterocycles. The second kappa shape index (κ2) is 6.46. The number of benzene rings is 1. The van der Waals surface area contributed by atoms with E-state index in [0.717, 1.165) is 43.2 Å². The molecule has 0 bridgehead atoms. The van der Waals surface area contributed by atoms with Crippen molar-refractivity contribution in [1.29, 1.82) is 0 Å². The Morgan fingerprint density at radius 3 is 2.70 bits per heavy atom. The Bertz CT molecular complexity index is 882. The summed E-state index contributed by atoms with van der Waals surface area (Å²) < 4.78 is 34.0. The van der Waals surface area contributed by atoms with E-state index >= 15 is 0 Å². The number of ketones is 1. The molecule has 2 saturated carbocycles. The number of carbonyl (C=O) groups is 1. The maximum atomic E-state index is 12.4. The van der Waals surface area contributed by atoms with Crippen LogP contribution in [-0.4, -0.2) is 25.9 Å². The first-order chi connectivity index (χ1) is 12.7. The quantitative estimate of drug-likeness (QED) is 0.461. The molecule has 1 aromatic rings. The number of carbonyl (C=O) groups excluding carboxylic acids is 1. The summed E-state index contributed by atoms with van der Waals surface area (Å²) in [5.74, 6) is 1.73. The molecule has 0 aromatic heterocycles. The Kier molecular flexibility index (Phi) is 4.48. The zero-order valence-electron chi connectivity index (χ0n) is 15.5. The molecule has 4 rings (SSSR count). The molecule has 0 aliphatic heterocycles. The van der Waals surface area contributed by atoms with Gasteiger partial charge in [0.05, 0.1) is 12.8 Å². The van der Waals surface area contributed by atoms with Gasteiger partial charge in [-0.2, -0.15) is 13.3 Å². The molecule has 0 unspecified atom stereocenters. The summed E-state index contributed by atoms with van der Waals surface area (Å²) in [6.07, 6.45) is 5.27. The lowest BCUT2D eigenvalue weighted by atomic mass is 9.55.